The van der Waals surface area contributed by atoms with Gasteiger partial charge < -0.3 is 9.84 Å². The molecule has 0 unspecified atom stereocenters. The summed E-state index contributed by atoms with van der Waals surface area (Å²) in [5.41, 5.74) is 1.75. The quantitative estimate of drug-likeness (QED) is 0.902. The van der Waals surface area contributed by atoms with Crippen LogP contribution in [0.15, 0.2) is 24.3 Å². The topological polar surface area (TPSA) is 59.4 Å². The molecule has 1 aromatic heterocycles. The zero-order chi connectivity index (χ0) is 16.3. The number of carboxylic acid groups (broad SMARTS) is 1. The van der Waals surface area contributed by atoms with E-state index in [1.807, 2.05) is 18.2 Å². The fourth-order valence-corrected chi connectivity index (χ4v) is 3.10. The van der Waals surface area contributed by atoms with Crippen molar-refractivity contribution in [1.29, 1.82) is 0 Å². The molecule has 1 heterocycles. The zero-order valence-corrected chi connectivity index (χ0v) is 14.2. The lowest BCUT2D eigenvalue weighted by atomic mass is 9.86. The van der Waals surface area contributed by atoms with Crippen molar-refractivity contribution in [3.63, 3.8) is 0 Å². The van der Waals surface area contributed by atoms with E-state index in [1.165, 1.54) is 11.3 Å². The highest BCUT2D eigenvalue weighted by atomic mass is 32.1. The van der Waals surface area contributed by atoms with Gasteiger partial charge in [0.05, 0.1) is 17.3 Å². The maximum atomic E-state index is 11.0. The van der Waals surface area contributed by atoms with Crippen LogP contribution in [0, 0.1) is 6.92 Å². The molecule has 0 fully saturated rings. The average Bonchev–Trinajstić information content (AvgIpc) is 2.79. The number of aryl methyl sites for hydroxylation is 1. The number of rotatable bonds is 5. The highest BCUT2D eigenvalue weighted by molar-refractivity contribution is 7.13. The Bertz CT molecular complexity index is 671. The van der Waals surface area contributed by atoms with Crippen LogP contribution in [-0.2, 0) is 11.8 Å². The molecule has 0 aliphatic rings. The van der Waals surface area contributed by atoms with E-state index in [0.717, 1.165) is 16.3 Å². The fraction of sp³-hybridized carbons (Fsp3) is 0.412. The third kappa shape index (κ3) is 3.85. The lowest BCUT2D eigenvalue weighted by Crippen LogP contribution is -2.14. The second-order valence-corrected chi connectivity index (χ2v) is 7.26. The maximum Gasteiger partial charge on any atom is 0.347 e. The predicted molar refractivity (Wildman–Crippen MR) is 88.2 cm³/mol. The first-order valence-electron chi connectivity index (χ1n) is 7.21. The molecule has 0 radical (unpaired) electrons. The SMILES string of the molecule is Cc1nc(CCOc2ccccc2C(C)(C)C)sc1C(=O)O. The van der Waals surface area contributed by atoms with Gasteiger partial charge in [-0.3, -0.25) is 0 Å². The van der Waals surface area contributed by atoms with E-state index in [2.05, 4.69) is 31.8 Å². The van der Waals surface area contributed by atoms with Crippen LogP contribution in [0.4, 0.5) is 0 Å². The number of thiazole rings is 1. The number of aromatic nitrogens is 1. The summed E-state index contributed by atoms with van der Waals surface area (Å²) in [6, 6.07) is 8.01. The van der Waals surface area contributed by atoms with Gasteiger partial charge in [-0.05, 0) is 24.0 Å². The largest absolute Gasteiger partial charge is 0.493 e. The van der Waals surface area contributed by atoms with E-state index in [4.69, 9.17) is 9.84 Å². The van der Waals surface area contributed by atoms with Gasteiger partial charge in [0, 0.05) is 6.42 Å². The first-order chi connectivity index (χ1) is 10.3. The summed E-state index contributed by atoms with van der Waals surface area (Å²) < 4.78 is 5.90. The van der Waals surface area contributed by atoms with E-state index in [9.17, 15) is 4.79 Å². The van der Waals surface area contributed by atoms with Crippen molar-refractivity contribution in [1.82, 2.24) is 4.98 Å². The summed E-state index contributed by atoms with van der Waals surface area (Å²) in [4.78, 5) is 15.6. The van der Waals surface area contributed by atoms with Crippen LogP contribution < -0.4 is 4.74 Å². The Balaban J connectivity index is 2.03. The molecule has 2 rings (SSSR count). The Hall–Kier alpha value is -1.88. The number of carbonyl (C=O) groups is 1. The van der Waals surface area contributed by atoms with Gasteiger partial charge in [-0.2, -0.15) is 0 Å². The molecule has 0 amide bonds. The van der Waals surface area contributed by atoms with Crippen LogP contribution in [0.5, 0.6) is 5.75 Å². The Morgan fingerprint density at radius 3 is 2.59 bits per heavy atom. The molecule has 1 N–H and O–H groups in total. The Morgan fingerprint density at radius 1 is 1.32 bits per heavy atom. The highest BCUT2D eigenvalue weighted by Crippen LogP contribution is 2.31. The molecule has 0 aliphatic heterocycles. The van der Waals surface area contributed by atoms with Gasteiger partial charge in [0.25, 0.3) is 0 Å². The van der Waals surface area contributed by atoms with Crippen molar-refractivity contribution in [2.24, 2.45) is 0 Å². The highest BCUT2D eigenvalue weighted by Gasteiger charge is 2.18. The normalized spacial score (nSPS) is 11.5. The van der Waals surface area contributed by atoms with E-state index in [1.54, 1.807) is 6.92 Å². The number of nitrogens with zero attached hydrogens (tertiary/aromatic N) is 1. The molecule has 0 atom stereocenters. The molecule has 2 aromatic rings. The minimum Gasteiger partial charge on any atom is -0.493 e. The van der Waals surface area contributed by atoms with Crippen molar-refractivity contribution in [3.05, 3.63) is 45.4 Å². The fourth-order valence-electron chi connectivity index (χ4n) is 2.22. The molecular weight excluding hydrogens is 298 g/mol. The number of para-hydroxylation sites is 1. The van der Waals surface area contributed by atoms with Crippen molar-refractivity contribution >= 4 is 17.3 Å². The van der Waals surface area contributed by atoms with Crippen molar-refractivity contribution in [2.75, 3.05) is 6.61 Å². The Labute approximate surface area is 134 Å². The number of hydrogen-bond acceptors (Lipinski definition) is 4. The molecule has 0 saturated carbocycles. The van der Waals surface area contributed by atoms with Crippen LogP contribution in [0.3, 0.4) is 0 Å². The molecule has 118 valence electrons. The van der Waals surface area contributed by atoms with E-state index in [0.29, 0.717) is 23.6 Å². The smallest absolute Gasteiger partial charge is 0.347 e. The van der Waals surface area contributed by atoms with Crippen LogP contribution >= 0.6 is 11.3 Å². The monoisotopic (exact) mass is 319 g/mol. The van der Waals surface area contributed by atoms with E-state index >= 15 is 0 Å². The second kappa shape index (κ2) is 6.48. The maximum absolute atomic E-state index is 11.0. The van der Waals surface area contributed by atoms with Crippen molar-refractivity contribution < 1.29 is 14.6 Å². The van der Waals surface area contributed by atoms with E-state index < -0.39 is 5.97 Å². The number of aromatic carboxylic acids is 1. The first kappa shape index (κ1) is 16.5. The van der Waals surface area contributed by atoms with E-state index in [-0.39, 0.29) is 5.41 Å². The van der Waals surface area contributed by atoms with Crippen LogP contribution in [-0.4, -0.2) is 22.7 Å². The summed E-state index contributed by atoms with van der Waals surface area (Å²) in [5, 5.41) is 9.84. The zero-order valence-electron chi connectivity index (χ0n) is 13.3. The number of hydrogen-bond donors (Lipinski definition) is 1. The summed E-state index contributed by atoms with van der Waals surface area (Å²) in [7, 11) is 0. The molecule has 22 heavy (non-hydrogen) atoms. The molecule has 5 heteroatoms. The predicted octanol–water partition coefficient (Wildman–Crippen LogP) is 4.07. The first-order valence-corrected chi connectivity index (χ1v) is 8.02. The summed E-state index contributed by atoms with van der Waals surface area (Å²) in [5.74, 6) is -0.0398. The van der Waals surface area contributed by atoms with Gasteiger partial charge in [0.1, 0.15) is 10.6 Å². The number of ether oxygens (including phenoxy) is 1. The molecule has 4 nitrogen and oxygen atoms in total. The lowest BCUT2D eigenvalue weighted by molar-refractivity contribution is 0.0701. The average molecular weight is 319 g/mol. The van der Waals surface area contributed by atoms with Crippen LogP contribution in [0.1, 0.15) is 46.7 Å². The lowest BCUT2D eigenvalue weighted by Gasteiger charge is -2.22. The van der Waals surface area contributed by atoms with Gasteiger partial charge in [-0.15, -0.1) is 11.3 Å². The molecule has 0 aliphatic carbocycles. The minimum absolute atomic E-state index is 0.0187. The van der Waals surface area contributed by atoms with Crippen LogP contribution in [0.25, 0.3) is 0 Å². The number of benzene rings is 1. The Kier molecular flexibility index (Phi) is 4.86. The summed E-state index contributed by atoms with van der Waals surface area (Å²) in [6.07, 6.45) is 0.608. The van der Waals surface area contributed by atoms with Gasteiger partial charge in [0.15, 0.2) is 0 Å². The summed E-state index contributed by atoms with van der Waals surface area (Å²) in [6.45, 7) is 8.66. The van der Waals surface area contributed by atoms with Crippen molar-refractivity contribution in [2.45, 2.75) is 39.5 Å². The summed E-state index contributed by atoms with van der Waals surface area (Å²) >= 11 is 1.22. The number of carboxylic acids is 1. The molecule has 0 bridgehead atoms. The van der Waals surface area contributed by atoms with Crippen molar-refractivity contribution in [3.8, 4) is 5.75 Å². The molecule has 0 spiro atoms. The molecule has 0 saturated heterocycles. The van der Waals surface area contributed by atoms with Crippen LogP contribution in [0.2, 0.25) is 0 Å². The third-order valence-electron chi connectivity index (χ3n) is 3.30. The standard InChI is InChI=1S/C17H21NO3S/c1-11-15(16(19)20)22-14(18-11)9-10-21-13-8-6-5-7-12(13)17(2,3)4/h5-8H,9-10H2,1-4H3,(H,19,20). The minimum atomic E-state index is -0.916. The van der Waals surface area contributed by atoms with Gasteiger partial charge in [-0.1, -0.05) is 39.0 Å². The molecular formula is C17H21NO3S. The van der Waals surface area contributed by atoms with Gasteiger partial charge >= 0.3 is 5.97 Å². The second-order valence-electron chi connectivity index (χ2n) is 6.17. The molecule has 1 aromatic carbocycles. The third-order valence-corrected chi connectivity index (χ3v) is 4.51. The van der Waals surface area contributed by atoms with Gasteiger partial charge in [-0.25, -0.2) is 9.78 Å². The van der Waals surface area contributed by atoms with Gasteiger partial charge in [0.2, 0.25) is 0 Å². The Morgan fingerprint density at radius 2 is 2.00 bits per heavy atom.